The van der Waals surface area contributed by atoms with Gasteiger partial charge in [-0.25, -0.2) is 4.79 Å². The Hall–Kier alpha value is -1.79. The van der Waals surface area contributed by atoms with Crippen LogP contribution < -0.4 is 5.32 Å². The number of benzene rings is 1. The number of hydrogen-bond donors (Lipinski definition) is 1. The summed E-state index contributed by atoms with van der Waals surface area (Å²) >= 11 is 6.07. The topological polar surface area (TPSA) is 61.9 Å². The number of hydrogen-bond acceptors (Lipinski definition) is 4. The van der Waals surface area contributed by atoms with Crippen molar-refractivity contribution in [3.8, 4) is 0 Å². The number of piperazine rings is 1. The molecule has 6 nitrogen and oxygen atoms in total. The third kappa shape index (κ3) is 5.90. The van der Waals surface area contributed by atoms with Gasteiger partial charge in [-0.3, -0.25) is 9.69 Å². The van der Waals surface area contributed by atoms with E-state index in [0.717, 1.165) is 11.3 Å². The Morgan fingerprint density at radius 2 is 1.84 bits per heavy atom. The molecule has 2 amide bonds. The number of amides is 2. The minimum absolute atomic E-state index is 0.0870. The largest absolute Gasteiger partial charge is 0.444 e. The summed E-state index contributed by atoms with van der Waals surface area (Å²) < 4.78 is 5.37. The van der Waals surface area contributed by atoms with Crippen molar-refractivity contribution in [2.45, 2.75) is 33.3 Å². The van der Waals surface area contributed by atoms with Gasteiger partial charge in [0.05, 0.1) is 6.54 Å². The molecule has 1 aliphatic heterocycles. The zero-order valence-electron chi connectivity index (χ0n) is 15.3. The maximum absolute atomic E-state index is 12.2. The molecule has 0 bridgehead atoms. The molecule has 0 aliphatic carbocycles. The summed E-state index contributed by atoms with van der Waals surface area (Å²) in [6.45, 7) is 10.1. The van der Waals surface area contributed by atoms with E-state index in [2.05, 4.69) is 5.32 Å². The molecule has 1 aromatic rings. The Kier molecular flexibility index (Phi) is 6.30. The van der Waals surface area contributed by atoms with Crippen molar-refractivity contribution in [2.24, 2.45) is 0 Å². The van der Waals surface area contributed by atoms with Crippen LogP contribution in [-0.2, 0) is 9.53 Å². The molecule has 1 N–H and O–H groups in total. The van der Waals surface area contributed by atoms with Crippen molar-refractivity contribution in [1.29, 1.82) is 0 Å². The molecule has 0 radical (unpaired) electrons. The van der Waals surface area contributed by atoms with E-state index >= 15 is 0 Å². The lowest BCUT2D eigenvalue weighted by Crippen LogP contribution is -2.51. The van der Waals surface area contributed by atoms with Crippen molar-refractivity contribution in [2.75, 3.05) is 38.0 Å². The summed E-state index contributed by atoms with van der Waals surface area (Å²) in [5, 5.41) is 3.52. The summed E-state index contributed by atoms with van der Waals surface area (Å²) in [4.78, 5) is 28.0. The second-order valence-corrected chi connectivity index (χ2v) is 7.61. The molecule has 0 unspecified atom stereocenters. The van der Waals surface area contributed by atoms with Gasteiger partial charge in [-0.2, -0.15) is 0 Å². The second-order valence-electron chi connectivity index (χ2n) is 7.20. The molecule has 1 aliphatic rings. The zero-order chi connectivity index (χ0) is 18.6. The molecule has 1 fully saturated rings. The highest BCUT2D eigenvalue weighted by molar-refractivity contribution is 6.31. The molecule has 25 heavy (non-hydrogen) atoms. The predicted octanol–water partition coefficient (Wildman–Crippen LogP) is 3.14. The summed E-state index contributed by atoms with van der Waals surface area (Å²) in [5.41, 5.74) is 1.08. The van der Waals surface area contributed by atoms with Gasteiger partial charge in [0, 0.05) is 36.9 Å². The number of rotatable bonds is 3. The standard InChI is InChI=1S/C18H26ClN3O3/c1-13-14(19)6-5-7-15(13)20-16(23)12-21-8-10-22(11-9-21)17(24)25-18(2,3)4/h5-7H,8-12H2,1-4H3,(H,20,23). The molecular formula is C18H26ClN3O3. The van der Waals surface area contributed by atoms with Crippen LogP contribution >= 0.6 is 11.6 Å². The first kappa shape index (κ1) is 19.5. The fourth-order valence-electron chi connectivity index (χ4n) is 2.55. The Morgan fingerprint density at radius 3 is 2.44 bits per heavy atom. The third-order valence-electron chi connectivity index (χ3n) is 3.93. The van der Waals surface area contributed by atoms with Crippen LogP contribution in [0, 0.1) is 6.92 Å². The van der Waals surface area contributed by atoms with Crippen LogP contribution in [0.1, 0.15) is 26.3 Å². The van der Waals surface area contributed by atoms with Gasteiger partial charge in [0.2, 0.25) is 5.91 Å². The molecule has 138 valence electrons. The predicted molar refractivity (Wildman–Crippen MR) is 99.1 cm³/mol. The first-order valence-corrected chi connectivity index (χ1v) is 8.79. The Labute approximate surface area is 154 Å². The molecule has 0 spiro atoms. The van der Waals surface area contributed by atoms with Crippen molar-refractivity contribution < 1.29 is 14.3 Å². The van der Waals surface area contributed by atoms with Crippen LogP contribution in [0.5, 0.6) is 0 Å². The van der Waals surface area contributed by atoms with Gasteiger partial charge in [0.25, 0.3) is 0 Å². The second kappa shape index (κ2) is 8.06. The monoisotopic (exact) mass is 367 g/mol. The van der Waals surface area contributed by atoms with Crippen LogP contribution in [-0.4, -0.2) is 60.1 Å². The maximum atomic E-state index is 12.2. The highest BCUT2D eigenvalue weighted by Gasteiger charge is 2.26. The Balaban J connectivity index is 1.80. The van der Waals surface area contributed by atoms with Crippen LogP contribution in [0.3, 0.4) is 0 Å². The first-order chi connectivity index (χ1) is 11.7. The van der Waals surface area contributed by atoms with Gasteiger partial charge in [-0.1, -0.05) is 17.7 Å². The quantitative estimate of drug-likeness (QED) is 0.891. The van der Waals surface area contributed by atoms with E-state index in [4.69, 9.17) is 16.3 Å². The van der Waals surface area contributed by atoms with Crippen LogP contribution in [0.2, 0.25) is 5.02 Å². The van der Waals surface area contributed by atoms with E-state index < -0.39 is 5.60 Å². The minimum atomic E-state index is -0.497. The lowest BCUT2D eigenvalue weighted by atomic mass is 10.2. The number of carbonyl (C=O) groups excluding carboxylic acids is 2. The smallest absolute Gasteiger partial charge is 0.410 e. The van der Waals surface area contributed by atoms with Crippen molar-refractivity contribution in [1.82, 2.24) is 9.80 Å². The van der Waals surface area contributed by atoms with Gasteiger partial charge in [-0.15, -0.1) is 0 Å². The van der Waals surface area contributed by atoms with E-state index in [1.165, 1.54) is 0 Å². The molecular weight excluding hydrogens is 342 g/mol. The van der Waals surface area contributed by atoms with Gasteiger partial charge in [0.1, 0.15) is 5.60 Å². The maximum Gasteiger partial charge on any atom is 0.410 e. The fourth-order valence-corrected chi connectivity index (χ4v) is 2.73. The fraction of sp³-hybridized carbons (Fsp3) is 0.556. The number of halogens is 1. The molecule has 1 saturated heterocycles. The van der Waals surface area contributed by atoms with E-state index in [1.54, 1.807) is 11.0 Å². The molecule has 0 saturated carbocycles. The number of anilines is 1. The SMILES string of the molecule is Cc1c(Cl)cccc1NC(=O)CN1CCN(C(=O)OC(C)(C)C)CC1. The van der Waals surface area contributed by atoms with E-state index in [9.17, 15) is 9.59 Å². The zero-order valence-corrected chi connectivity index (χ0v) is 16.0. The van der Waals surface area contributed by atoms with Crippen LogP contribution in [0.25, 0.3) is 0 Å². The van der Waals surface area contributed by atoms with Gasteiger partial charge < -0.3 is 15.0 Å². The third-order valence-corrected chi connectivity index (χ3v) is 4.34. The lowest BCUT2D eigenvalue weighted by Gasteiger charge is -2.35. The van der Waals surface area contributed by atoms with E-state index in [0.29, 0.717) is 31.2 Å². The van der Waals surface area contributed by atoms with Crippen molar-refractivity contribution in [3.63, 3.8) is 0 Å². The summed E-state index contributed by atoms with van der Waals surface area (Å²) in [6, 6.07) is 5.44. The average Bonchev–Trinajstić information content (AvgIpc) is 2.51. The van der Waals surface area contributed by atoms with Gasteiger partial charge in [-0.05, 0) is 45.4 Å². The van der Waals surface area contributed by atoms with Gasteiger partial charge in [0.15, 0.2) is 0 Å². The number of carbonyl (C=O) groups is 2. The van der Waals surface area contributed by atoms with E-state index in [1.807, 2.05) is 44.7 Å². The number of nitrogens with zero attached hydrogens (tertiary/aromatic N) is 2. The summed E-state index contributed by atoms with van der Waals surface area (Å²) in [6.07, 6.45) is -0.300. The van der Waals surface area contributed by atoms with Gasteiger partial charge >= 0.3 is 6.09 Å². The van der Waals surface area contributed by atoms with Crippen LogP contribution in [0.15, 0.2) is 18.2 Å². The molecule has 0 aromatic heterocycles. The molecule has 1 aromatic carbocycles. The van der Waals surface area contributed by atoms with E-state index in [-0.39, 0.29) is 18.5 Å². The Morgan fingerprint density at radius 1 is 1.20 bits per heavy atom. The van der Waals surface area contributed by atoms with Crippen LogP contribution in [0.4, 0.5) is 10.5 Å². The Bertz CT molecular complexity index is 635. The highest BCUT2D eigenvalue weighted by Crippen LogP contribution is 2.22. The highest BCUT2D eigenvalue weighted by atomic mass is 35.5. The first-order valence-electron chi connectivity index (χ1n) is 8.41. The molecule has 2 rings (SSSR count). The normalized spacial score (nSPS) is 15.8. The van der Waals surface area contributed by atoms with Crippen molar-refractivity contribution >= 4 is 29.3 Å². The number of ether oxygens (including phenoxy) is 1. The lowest BCUT2D eigenvalue weighted by molar-refractivity contribution is -0.117. The minimum Gasteiger partial charge on any atom is -0.444 e. The number of nitrogens with one attached hydrogen (secondary N) is 1. The average molecular weight is 368 g/mol. The summed E-state index contributed by atoms with van der Waals surface area (Å²) in [5.74, 6) is -0.0870. The molecule has 7 heteroatoms. The molecule has 0 atom stereocenters. The van der Waals surface area contributed by atoms with Crippen molar-refractivity contribution in [3.05, 3.63) is 28.8 Å². The molecule has 1 heterocycles. The summed E-state index contributed by atoms with van der Waals surface area (Å²) in [7, 11) is 0.